The van der Waals surface area contributed by atoms with Crippen molar-refractivity contribution in [2.45, 2.75) is 33.6 Å². The largest absolute Gasteiger partial charge is 0.289 e. The topological polar surface area (TPSA) is 49.4 Å². The third kappa shape index (κ3) is 1.54. The van der Waals surface area contributed by atoms with Gasteiger partial charge in [0.25, 0.3) is 11.8 Å². The Bertz CT molecular complexity index is 567. The first-order valence-corrected chi connectivity index (χ1v) is 7.08. The molecule has 3 rings (SSSR count). The number of para-hydroxylation sites is 1. The molecule has 2 unspecified atom stereocenters. The van der Waals surface area contributed by atoms with Crippen molar-refractivity contribution in [2.75, 3.05) is 5.43 Å². The Labute approximate surface area is 119 Å². The molecule has 1 aromatic carbocycles. The monoisotopic (exact) mass is 272 g/mol. The van der Waals surface area contributed by atoms with Crippen LogP contribution in [0.2, 0.25) is 0 Å². The van der Waals surface area contributed by atoms with Crippen LogP contribution >= 0.6 is 0 Å². The van der Waals surface area contributed by atoms with Gasteiger partial charge in [0.15, 0.2) is 0 Å². The summed E-state index contributed by atoms with van der Waals surface area (Å²) in [6, 6.07) is 9.36. The molecule has 2 aliphatic rings. The number of piperidine rings is 1. The fourth-order valence-corrected chi connectivity index (χ4v) is 3.57. The van der Waals surface area contributed by atoms with Crippen LogP contribution in [0.5, 0.6) is 0 Å². The van der Waals surface area contributed by atoms with Crippen LogP contribution in [0.3, 0.4) is 0 Å². The first kappa shape index (κ1) is 13.2. The van der Waals surface area contributed by atoms with Crippen LogP contribution in [0.25, 0.3) is 0 Å². The summed E-state index contributed by atoms with van der Waals surface area (Å²) in [4.78, 5) is 25.4. The SMILES string of the molecule is CC12CCC(C(=O)N(Nc3ccccc3)C1=O)C2(C)C. The Morgan fingerprint density at radius 2 is 1.80 bits per heavy atom. The maximum absolute atomic E-state index is 12.8. The average Bonchev–Trinajstić information content (AvgIpc) is 2.61. The average molecular weight is 272 g/mol. The maximum Gasteiger partial charge on any atom is 0.254 e. The molecule has 1 heterocycles. The molecule has 2 amide bonds. The highest BCUT2D eigenvalue weighted by molar-refractivity contribution is 6.04. The second-order valence-corrected chi connectivity index (χ2v) is 6.60. The van der Waals surface area contributed by atoms with E-state index in [2.05, 4.69) is 5.43 Å². The Hall–Kier alpha value is -1.84. The molecule has 4 heteroatoms. The number of benzene rings is 1. The number of hydrogen-bond acceptors (Lipinski definition) is 3. The van der Waals surface area contributed by atoms with E-state index < -0.39 is 5.41 Å². The van der Waals surface area contributed by atoms with Crippen molar-refractivity contribution in [3.8, 4) is 0 Å². The van der Waals surface area contributed by atoms with E-state index in [1.807, 2.05) is 51.1 Å². The molecule has 1 aromatic rings. The summed E-state index contributed by atoms with van der Waals surface area (Å²) in [5, 5.41) is 1.23. The van der Waals surface area contributed by atoms with Gasteiger partial charge in [0.2, 0.25) is 0 Å². The first-order valence-electron chi connectivity index (χ1n) is 7.08. The van der Waals surface area contributed by atoms with E-state index in [4.69, 9.17) is 0 Å². The van der Waals surface area contributed by atoms with Gasteiger partial charge in [0.1, 0.15) is 0 Å². The molecule has 1 saturated carbocycles. The van der Waals surface area contributed by atoms with Crippen LogP contribution < -0.4 is 5.43 Å². The highest BCUT2D eigenvalue weighted by Crippen LogP contribution is 2.59. The zero-order valence-electron chi connectivity index (χ0n) is 12.1. The fraction of sp³-hybridized carbons (Fsp3) is 0.500. The fourth-order valence-electron chi connectivity index (χ4n) is 3.57. The van der Waals surface area contributed by atoms with E-state index in [9.17, 15) is 9.59 Å². The Morgan fingerprint density at radius 1 is 1.15 bits per heavy atom. The predicted molar refractivity (Wildman–Crippen MR) is 76.5 cm³/mol. The minimum absolute atomic E-state index is 0.0820. The molecule has 0 radical (unpaired) electrons. The lowest BCUT2D eigenvalue weighted by molar-refractivity contribution is -0.165. The number of imide groups is 1. The van der Waals surface area contributed by atoms with Crippen LogP contribution in [0.1, 0.15) is 33.6 Å². The van der Waals surface area contributed by atoms with Gasteiger partial charge in [-0.3, -0.25) is 15.0 Å². The molecule has 1 aliphatic heterocycles. The Kier molecular flexibility index (Phi) is 2.68. The number of amides is 2. The van der Waals surface area contributed by atoms with Crippen molar-refractivity contribution in [2.24, 2.45) is 16.7 Å². The number of hydrogen-bond donors (Lipinski definition) is 1. The lowest BCUT2D eigenvalue weighted by Gasteiger charge is -2.47. The summed E-state index contributed by atoms with van der Waals surface area (Å²) in [6.45, 7) is 6.07. The molecule has 2 fully saturated rings. The van der Waals surface area contributed by atoms with Gasteiger partial charge < -0.3 is 0 Å². The molecule has 1 N–H and O–H groups in total. The van der Waals surface area contributed by atoms with Crippen molar-refractivity contribution in [3.63, 3.8) is 0 Å². The molecule has 106 valence electrons. The van der Waals surface area contributed by atoms with E-state index in [-0.39, 0.29) is 23.1 Å². The minimum Gasteiger partial charge on any atom is -0.289 e. The van der Waals surface area contributed by atoms with Gasteiger partial charge in [-0.2, -0.15) is 5.01 Å². The second-order valence-electron chi connectivity index (χ2n) is 6.60. The first-order chi connectivity index (χ1) is 9.38. The molecular weight excluding hydrogens is 252 g/mol. The number of carbonyl (C=O) groups excluding carboxylic acids is 2. The molecule has 20 heavy (non-hydrogen) atoms. The summed E-state index contributed by atoms with van der Waals surface area (Å²) in [7, 11) is 0. The molecule has 1 aliphatic carbocycles. The third-order valence-corrected chi connectivity index (χ3v) is 5.43. The molecule has 1 saturated heterocycles. The quantitative estimate of drug-likeness (QED) is 0.842. The summed E-state index contributed by atoms with van der Waals surface area (Å²) < 4.78 is 0. The number of nitrogens with zero attached hydrogens (tertiary/aromatic N) is 1. The van der Waals surface area contributed by atoms with E-state index in [0.717, 1.165) is 18.5 Å². The van der Waals surface area contributed by atoms with Crippen LogP contribution in [-0.2, 0) is 9.59 Å². The number of anilines is 1. The van der Waals surface area contributed by atoms with E-state index >= 15 is 0 Å². The van der Waals surface area contributed by atoms with Crippen molar-refractivity contribution in [3.05, 3.63) is 30.3 Å². The van der Waals surface area contributed by atoms with Crippen molar-refractivity contribution < 1.29 is 9.59 Å². The van der Waals surface area contributed by atoms with E-state index in [1.165, 1.54) is 5.01 Å². The molecule has 4 nitrogen and oxygen atoms in total. The normalized spacial score (nSPS) is 31.6. The van der Waals surface area contributed by atoms with Crippen LogP contribution in [0.4, 0.5) is 5.69 Å². The smallest absolute Gasteiger partial charge is 0.254 e. The zero-order chi connectivity index (χ0) is 14.5. The molecule has 0 aromatic heterocycles. The second kappa shape index (κ2) is 4.08. The lowest BCUT2D eigenvalue weighted by Crippen LogP contribution is -2.60. The van der Waals surface area contributed by atoms with Gasteiger partial charge in [0.05, 0.1) is 11.1 Å². The molecule has 2 atom stereocenters. The lowest BCUT2D eigenvalue weighted by atomic mass is 9.63. The van der Waals surface area contributed by atoms with Gasteiger partial charge in [-0.15, -0.1) is 0 Å². The highest BCUT2D eigenvalue weighted by Gasteiger charge is 2.64. The summed E-state index contributed by atoms with van der Waals surface area (Å²) in [6.07, 6.45) is 1.57. The number of carbonyl (C=O) groups is 2. The Balaban J connectivity index is 1.95. The number of nitrogens with one attached hydrogen (secondary N) is 1. The van der Waals surface area contributed by atoms with Gasteiger partial charge >= 0.3 is 0 Å². The third-order valence-electron chi connectivity index (χ3n) is 5.43. The summed E-state index contributed by atoms with van der Waals surface area (Å²) in [5.74, 6) is -0.287. The molecule has 2 bridgehead atoms. The standard InChI is InChI=1S/C16H20N2O2/c1-15(2)12-9-10-16(15,3)14(20)18(13(12)19)17-11-7-5-4-6-8-11/h4-8,12,17H,9-10H2,1-3H3. The zero-order valence-corrected chi connectivity index (χ0v) is 12.1. The van der Waals surface area contributed by atoms with Crippen molar-refractivity contribution >= 4 is 17.5 Å². The number of fused-ring (bicyclic) bond motifs is 2. The minimum atomic E-state index is -0.465. The van der Waals surface area contributed by atoms with Crippen LogP contribution in [0.15, 0.2) is 30.3 Å². The maximum atomic E-state index is 12.8. The van der Waals surface area contributed by atoms with Crippen molar-refractivity contribution in [1.82, 2.24) is 5.01 Å². The number of rotatable bonds is 2. The number of hydrazine groups is 1. The highest BCUT2D eigenvalue weighted by atomic mass is 16.2. The summed E-state index contributed by atoms with van der Waals surface area (Å²) >= 11 is 0. The Morgan fingerprint density at radius 3 is 2.45 bits per heavy atom. The summed E-state index contributed by atoms with van der Waals surface area (Å²) in [5.41, 5.74) is 3.01. The van der Waals surface area contributed by atoms with Crippen molar-refractivity contribution in [1.29, 1.82) is 0 Å². The van der Waals surface area contributed by atoms with Gasteiger partial charge in [-0.05, 0) is 30.4 Å². The van der Waals surface area contributed by atoms with Crippen LogP contribution in [0, 0.1) is 16.7 Å². The van der Waals surface area contributed by atoms with Gasteiger partial charge in [0, 0.05) is 5.92 Å². The molecular formula is C16H20N2O2. The van der Waals surface area contributed by atoms with E-state index in [0.29, 0.717) is 0 Å². The predicted octanol–water partition coefficient (Wildman–Crippen LogP) is 2.82. The van der Waals surface area contributed by atoms with Gasteiger partial charge in [-0.1, -0.05) is 39.0 Å². The molecule has 0 spiro atoms. The van der Waals surface area contributed by atoms with Gasteiger partial charge in [-0.25, -0.2) is 0 Å². The van der Waals surface area contributed by atoms with E-state index in [1.54, 1.807) is 0 Å². The van der Waals surface area contributed by atoms with Crippen LogP contribution in [-0.4, -0.2) is 16.8 Å².